The van der Waals surface area contributed by atoms with Crippen molar-refractivity contribution in [3.63, 3.8) is 0 Å². The number of para-hydroxylation sites is 1. The molecule has 4 nitrogen and oxygen atoms in total. The highest BCUT2D eigenvalue weighted by molar-refractivity contribution is 5.82. The van der Waals surface area contributed by atoms with Gasteiger partial charge >= 0.3 is 5.63 Å². The number of aliphatic hydroxyl groups excluding tert-OH is 1. The Bertz CT molecular complexity index is 669. The molecule has 1 aromatic heterocycles. The molecule has 106 valence electrons. The van der Waals surface area contributed by atoms with Crippen LogP contribution in [0.15, 0.2) is 33.5 Å². The number of benzene rings is 1. The van der Waals surface area contributed by atoms with Gasteiger partial charge in [-0.2, -0.15) is 0 Å². The van der Waals surface area contributed by atoms with Crippen molar-refractivity contribution in [2.75, 3.05) is 13.1 Å². The Labute approximate surface area is 117 Å². The number of rotatable bonds is 2. The highest BCUT2D eigenvalue weighted by Crippen LogP contribution is 2.34. The van der Waals surface area contributed by atoms with Crippen molar-refractivity contribution in [2.45, 2.75) is 31.8 Å². The Morgan fingerprint density at radius 3 is 2.70 bits per heavy atom. The van der Waals surface area contributed by atoms with Crippen LogP contribution in [0.2, 0.25) is 0 Å². The maximum Gasteiger partial charge on any atom is 0.342 e. The van der Waals surface area contributed by atoms with E-state index in [0.29, 0.717) is 17.1 Å². The highest BCUT2D eigenvalue weighted by Gasteiger charge is 2.25. The predicted octanol–water partition coefficient (Wildman–Crippen LogP) is 2.31. The summed E-state index contributed by atoms with van der Waals surface area (Å²) >= 11 is 0. The predicted molar refractivity (Wildman–Crippen MR) is 78.0 cm³/mol. The van der Waals surface area contributed by atoms with E-state index in [0.717, 1.165) is 36.9 Å². The molecule has 0 saturated carbocycles. The second-order valence-electron chi connectivity index (χ2n) is 5.41. The molecule has 0 spiro atoms. The third-order valence-electron chi connectivity index (χ3n) is 4.06. The van der Waals surface area contributed by atoms with Crippen molar-refractivity contribution in [2.24, 2.45) is 0 Å². The largest absolute Gasteiger partial charge is 0.422 e. The molecule has 1 aliphatic heterocycles. The molecule has 2 heterocycles. The minimum Gasteiger partial charge on any atom is -0.422 e. The SMILES string of the molecule is CC(O)c1c(C2CCNCC2)c2ccccc2oc1=O. The van der Waals surface area contributed by atoms with Crippen LogP contribution in [0.4, 0.5) is 0 Å². The van der Waals surface area contributed by atoms with Gasteiger partial charge in [0.1, 0.15) is 5.58 Å². The lowest BCUT2D eigenvalue weighted by molar-refractivity contribution is 0.192. The third-order valence-corrected chi connectivity index (χ3v) is 4.06. The first-order valence-corrected chi connectivity index (χ1v) is 7.13. The minimum atomic E-state index is -0.805. The number of hydrogen-bond acceptors (Lipinski definition) is 4. The normalized spacial score (nSPS) is 18.3. The monoisotopic (exact) mass is 273 g/mol. The van der Waals surface area contributed by atoms with E-state index in [-0.39, 0.29) is 0 Å². The number of piperidine rings is 1. The molecule has 1 atom stereocenters. The van der Waals surface area contributed by atoms with Crippen LogP contribution in [0.25, 0.3) is 11.0 Å². The molecule has 4 heteroatoms. The van der Waals surface area contributed by atoms with Crippen LogP contribution in [0.1, 0.15) is 42.9 Å². The fourth-order valence-electron chi connectivity index (χ4n) is 3.13. The molecule has 0 radical (unpaired) electrons. The highest BCUT2D eigenvalue weighted by atomic mass is 16.4. The van der Waals surface area contributed by atoms with E-state index >= 15 is 0 Å². The van der Waals surface area contributed by atoms with Crippen LogP contribution < -0.4 is 10.9 Å². The van der Waals surface area contributed by atoms with E-state index in [4.69, 9.17) is 4.42 Å². The molecule has 1 unspecified atom stereocenters. The van der Waals surface area contributed by atoms with Gasteiger partial charge in [-0.15, -0.1) is 0 Å². The standard InChI is InChI=1S/C16H19NO3/c1-10(18)14-15(11-6-8-17-9-7-11)12-4-2-3-5-13(12)20-16(14)19/h2-5,10-11,17-18H,6-9H2,1H3. The maximum absolute atomic E-state index is 12.2. The van der Waals surface area contributed by atoms with Crippen molar-refractivity contribution in [1.82, 2.24) is 5.32 Å². The van der Waals surface area contributed by atoms with E-state index in [1.807, 2.05) is 24.3 Å². The first kappa shape index (κ1) is 13.3. The summed E-state index contributed by atoms with van der Waals surface area (Å²) in [7, 11) is 0. The Kier molecular flexibility index (Phi) is 3.59. The van der Waals surface area contributed by atoms with E-state index in [9.17, 15) is 9.90 Å². The molecule has 0 aliphatic carbocycles. The zero-order valence-electron chi connectivity index (χ0n) is 11.6. The smallest absolute Gasteiger partial charge is 0.342 e. The van der Waals surface area contributed by atoms with Gasteiger partial charge in [0.25, 0.3) is 0 Å². The van der Waals surface area contributed by atoms with Crippen molar-refractivity contribution in [1.29, 1.82) is 0 Å². The van der Waals surface area contributed by atoms with Crippen molar-refractivity contribution in [3.05, 3.63) is 45.8 Å². The fraction of sp³-hybridized carbons (Fsp3) is 0.438. The Morgan fingerprint density at radius 2 is 2.00 bits per heavy atom. The van der Waals surface area contributed by atoms with E-state index in [1.54, 1.807) is 6.92 Å². The number of hydrogen-bond donors (Lipinski definition) is 2. The zero-order chi connectivity index (χ0) is 14.1. The van der Waals surface area contributed by atoms with Gasteiger partial charge in [-0.1, -0.05) is 18.2 Å². The average molecular weight is 273 g/mol. The van der Waals surface area contributed by atoms with Crippen molar-refractivity contribution >= 4 is 11.0 Å². The number of nitrogens with one attached hydrogen (secondary N) is 1. The van der Waals surface area contributed by atoms with E-state index in [2.05, 4.69) is 5.32 Å². The third kappa shape index (κ3) is 2.25. The molecular formula is C16H19NO3. The minimum absolute atomic E-state index is 0.301. The molecule has 1 aliphatic rings. The lowest BCUT2D eigenvalue weighted by atomic mass is 9.84. The van der Waals surface area contributed by atoms with Crippen molar-refractivity contribution < 1.29 is 9.52 Å². The summed E-state index contributed by atoms with van der Waals surface area (Å²) in [6.45, 7) is 3.52. The summed E-state index contributed by atoms with van der Waals surface area (Å²) in [5.41, 5.74) is 1.60. The summed E-state index contributed by atoms with van der Waals surface area (Å²) in [6, 6.07) is 7.59. The molecule has 20 heavy (non-hydrogen) atoms. The van der Waals surface area contributed by atoms with Crippen LogP contribution in [0.5, 0.6) is 0 Å². The molecule has 2 aromatic rings. The average Bonchev–Trinajstić information content (AvgIpc) is 2.46. The van der Waals surface area contributed by atoms with Crippen LogP contribution in [-0.4, -0.2) is 18.2 Å². The summed E-state index contributed by atoms with van der Waals surface area (Å²) in [6.07, 6.45) is 1.15. The summed E-state index contributed by atoms with van der Waals surface area (Å²) in [4.78, 5) is 12.2. The molecule has 0 amide bonds. The van der Waals surface area contributed by atoms with Gasteiger partial charge in [-0.25, -0.2) is 4.79 Å². The van der Waals surface area contributed by atoms with Gasteiger partial charge in [-0.3, -0.25) is 0 Å². The maximum atomic E-state index is 12.2. The first-order valence-electron chi connectivity index (χ1n) is 7.13. The van der Waals surface area contributed by atoms with Gasteiger partial charge < -0.3 is 14.8 Å². The molecule has 3 rings (SSSR count). The fourth-order valence-corrected chi connectivity index (χ4v) is 3.13. The second kappa shape index (κ2) is 5.38. The Balaban J connectivity index is 2.29. The van der Waals surface area contributed by atoms with Gasteiger partial charge in [0.2, 0.25) is 0 Å². The van der Waals surface area contributed by atoms with Gasteiger partial charge in [0, 0.05) is 5.39 Å². The Hall–Kier alpha value is -1.65. The summed E-state index contributed by atoms with van der Waals surface area (Å²) < 4.78 is 5.35. The Morgan fingerprint density at radius 1 is 1.30 bits per heavy atom. The molecule has 1 fully saturated rings. The van der Waals surface area contributed by atoms with E-state index < -0.39 is 11.7 Å². The number of fused-ring (bicyclic) bond motifs is 1. The lowest BCUT2D eigenvalue weighted by Crippen LogP contribution is -2.28. The number of aliphatic hydroxyl groups is 1. The van der Waals surface area contributed by atoms with Gasteiger partial charge in [0.15, 0.2) is 0 Å². The summed E-state index contributed by atoms with van der Waals surface area (Å²) in [5, 5.41) is 14.3. The zero-order valence-corrected chi connectivity index (χ0v) is 11.6. The second-order valence-corrected chi connectivity index (χ2v) is 5.41. The van der Waals surface area contributed by atoms with E-state index in [1.165, 1.54) is 0 Å². The summed E-state index contributed by atoms with van der Waals surface area (Å²) in [5.74, 6) is 0.301. The van der Waals surface area contributed by atoms with Crippen LogP contribution in [-0.2, 0) is 0 Å². The van der Waals surface area contributed by atoms with Crippen LogP contribution in [0, 0.1) is 0 Å². The lowest BCUT2D eigenvalue weighted by Gasteiger charge is -2.26. The van der Waals surface area contributed by atoms with Crippen molar-refractivity contribution in [3.8, 4) is 0 Å². The quantitative estimate of drug-likeness (QED) is 0.824. The molecule has 0 bridgehead atoms. The van der Waals surface area contributed by atoms with Gasteiger partial charge in [0.05, 0.1) is 11.7 Å². The van der Waals surface area contributed by atoms with Crippen LogP contribution >= 0.6 is 0 Å². The van der Waals surface area contributed by atoms with Gasteiger partial charge in [-0.05, 0) is 50.4 Å². The topological polar surface area (TPSA) is 62.5 Å². The molecular weight excluding hydrogens is 254 g/mol. The molecule has 2 N–H and O–H groups in total. The van der Waals surface area contributed by atoms with Crippen LogP contribution in [0.3, 0.4) is 0 Å². The molecule has 1 saturated heterocycles. The first-order chi connectivity index (χ1) is 9.68. The molecule has 1 aromatic carbocycles.